The highest BCUT2D eigenvalue weighted by Gasteiger charge is 2.18. The van der Waals surface area contributed by atoms with Gasteiger partial charge in [0.05, 0.1) is 12.6 Å². The first-order valence-corrected chi connectivity index (χ1v) is 10.1. The Hall–Kier alpha value is -1.94. The van der Waals surface area contributed by atoms with Crippen LogP contribution in [0.3, 0.4) is 0 Å². The predicted octanol–water partition coefficient (Wildman–Crippen LogP) is 2.53. The number of benzene rings is 1. The number of piperazine rings is 1. The van der Waals surface area contributed by atoms with Gasteiger partial charge in [-0.25, -0.2) is 9.97 Å². The summed E-state index contributed by atoms with van der Waals surface area (Å²) in [7, 11) is 0. The van der Waals surface area contributed by atoms with Crippen LogP contribution in [0.25, 0.3) is 0 Å². The van der Waals surface area contributed by atoms with Crippen molar-refractivity contribution in [3.05, 3.63) is 54.4 Å². The minimum absolute atomic E-state index is 0. The molecule has 1 aliphatic rings. The van der Waals surface area contributed by atoms with Crippen molar-refractivity contribution < 1.29 is 0 Å². The van der Waals surface area contributed by atoms with Crippen LogP contribution in [0, 0.1) is 0 Å². The molecule has 2 N–H and O–H groups in total. The van der Waals surface area contributed by atoms with E-state index < -0.39 is 0 Å². The van der Waals surface area contributed by atoms with Crippen molar-refractivity contribution in [3.63, 3.8) is 0 Å². The lowest BCUT2D eigenvalue weighted by molar-refractivity contribution is 0.263. The largest absolute Gasteiger partial charge is 0.357 e. The molecule has 1 aromatic carbocycles. The maximum atomic E-state index is 4.76. The smallest absolute Gasteiger partial charge is 0.225 e. The molecule has 1 fully saturated rings. The quantitative estimate of drug-likeness (QED) is 0.340. The van der Waals surface area contributed by atoms with Crippen molar-refractivity contribution in [1.29, 1.82) is 0 Å². The minimum atomic E-state index is 0. The summed E-state index contributed by atoms with van der Waals surface area (Å²) in [5.74, 6) is 1.70. The number of rotatable bonds is 7. The van der Waals surface area contributed by atoms with Crippen LogP contribution >= 0.6 is 24.0 Å². The van der Waals surface area contributed by atoms with Crippen LogP contribution in [0.15, 0.2) is 53.8 Å². The monoisotopic (exact) mass is 509 g/mol. The topological polar surface area (TPSA) is 68.7 Å². The van der Waals surface area contributed by atoms with Crippen molar-refractivity contribution in [2.45, 2.75) is 19.9 Å². The number of aromatic nitrogens is 2. The summed E-state index contributed by atoms with van der Waals surface area (Å²) in [6.45, 7) is 10.8. The second kappa shape index (κ2) is 12.6. The van der Waals surface area contributed by atoms with E-state index in [9.17, 15) is 0 Å². The molecular formula is C21H32IN7. The second-order valence-electron chi connectivity index (χ2n) is 6.91. The number of nitrogens with zero attached hydrogens (tertiary/aromatic N) is 5. The van der Waals surface area contributed by atoms with E-state index >= 15 is 0 Å². The molecule has 0 bridgehead atoms. The van der Waals surface area contributed by atoms with Gasteiger partial charge in [0.15, 0.2) is 5.96 Å². The Morgan fingerprint density at radius 2 is 1.76 bits per heavy atom. The molecule has 0 aliphatic carbocycles. The van der Waals surface area contributed by atoms with Gasteiger partial charge in [-0.2, -0.15) is 0 Å². The number of halogens is 1. The van der Waals surface area contributed by atoms with E-state index in [0.717, 1.165) is 57.7 Å². The molecule has 8 heteroatoms. The van der Waals surface area contributed by atoms with Gasteiger partial charge in [-0.15, -0.1) is 24.0 Å². The van der Waals surface area contributed by atoms with Crippen LogP contribution in [0.1, 0.15) is 25.5 Å². The summed E-state index contributed by atoms with van der Waals surface area (Å²) in [6.07, 6.45) is 3.60. The van der Waals surface area contributed by atoms with Gasteiger partial charge in [0.25, 0.3) is 0 Å². The fourth-order valence-electron chi connectivity index (χ4n) is 3.28. The van der Waals surface area contributed by atoms with Gasteiger partial charge in [-0.1, -0.05) is 30.3 Å². The summed E-state index contributed by atoms with van der Waals surface area (Å²) in [4.78, 5) is 18.1. The number of hydrogen-bond donors (Lipinski definition) is 2. The Balaban J connectivity index is 0.00000300. The number of hydrogen-bond acceptors (Lipinski definition) is 5. The Bertz CT molecular complexity index is 718. The molecule has 1 unspecified atom stereocenters. The average molecular weight is 509 g/mol. The zero-order valence-corrected chi connectivity index (χ0v) is 19.6. The fraction of sp³-hybridized carbons (Fsp3) is 0.476. The number of aliphatic imine (C=N–C) groups is 1. The number of guanidine groups is 1. The summed E-state index contributed by atoms with van der Waals surface area (Å²) < 4.78 is 0. The van der Waals surface area contributed by atoms with E-state index in [4.69, 9.17) is 4.99 Å². The van der Waals surface area contributed by atoms with Crippen LogP contribution in [0.2, 0.25) is 0 Å². The molecule has 2 aromatic rings. The van der Waals surface area contributed by atoms with Crippen LogP contribution < -0.4 is 15.5 Å². The summed E-state index contributed by atoms with van der Waals surface area (Å²) in [5, 5.41) is 6.84. The van der Waals surface area contributed by atoms with Gasteiger partial charge in [0.1, 0.15) is 0 Å². The van der Waals surface area contributed by atoms with Crippen LogP contribution in [0.4, 0.5) is 5.95 Å². The number of nitrogens with one attached hydrogen (secondary N) is 2. The molecule has 0 amide bonds. The highest BCUT2D eigenvalue weighted by atomic mass is 127. The molecule has 1 saturated heterocycles. The highest BCUT2D eigenvalue weighted by Crippen LogP contribution is 2.11. The first-order valence-electron chi connectivity index (χ1n) is 10.1. The molecule has 1 aliphatic heterocycles. The fourth-order valence-corrected chi connectivity index (χ4v) is 3.28. The van der Waals surface area contributed by atoms with E-state index in [2.05, 4.69) is 68.5 Å². The molecular weight excluding hydrogens is 477 g/mol. The normalized spacial score (nSPS) is 16.1. The second-order valence-corrected chi connectivity index (χ2v) is 6.91. The van der Waals surface area contributed by atoms with Crippen LogP contribution in [-0.2, 0) is 0 Å². The van der Waals surface area contributed by atoms with Gasteiger partial charge in [0.2, 0.25) is 5.95 Å². The van der Waals surface area contributed by atoms with Crippen molar-refractivity contribution in [3.8, 4) is 0 Å². The van der Waals surface area contributed by atoms with Gasteiger partial charge in [0, 0.05) is 51.7 Å². The third-order valence-corrected chi connectivity index (χ3v) is 4.89. The first-order chi connectivity index (χ1) is 13.8. The lowest BCUT2D eigenvalue weighted by Crippen LogP contribution is -2.48. The lowest BCUT2D eigenvalue weighted by Gasteiger charge is -2.34. The molecule has 7 nitrogen and oxygen atoms in total. The van der Waals surface area contributed by atoms with E-state index in [1.807, 2.05) is 12.1 Å². The van der Waals surface area contributed by atoms with E-state index in [1.165, 1.54) is 5.56 Å². The summed E-state index contributed by atoms with van der Waals surface area (Å²) >= 11 is 0. The molecule has 29 heavy (non-hydrogen) atoms. The Kier molecular flexibility index (Phi) is 10.1. The molecule has 2 heterocycles. The van der Waals surface area contributed by atoms with Crippen molar-refractivity contribution in [1.82, 2.24) is 25.5 Å². The van der Waals surface area contributed by atoms with Crippen molar-refractivity contribution in [2.24, 2.45) is 4.99 Å². The van der Waals surface area contributed by atoms with E-state index in [1.54, 1.807) is 12.4 Å². The summed E-state index contributed by atoms with van der Waals surface area (Å²) in [5.41, 5.74) is 1.26. The maximum absolute atomic E-state index is 4.76. The SMILES string of the molecule is CCNC(=NCCN1CCN(c2ncccn2)CC1)NC(C)c1ccccc1.I. The highest BCUT2D eigenvalue weighted by molar-refractivity contribution is 14.0. The molecule has 0 radical (unpaired) electrons. The third-order valence-electron chi connectivity index (χ3n) is 4.89. The third kappa shape index (κ3) is 7.43. The zero-order valence-electron chi connectivity index (χ0n) is 17.3. The minimum Gasteiger partial charge on any atom is -0.357 e. The van der Waals surface area contributed by atoms with Crippen molar-refractivity contribution in [2.75, 3.05) is 50.7 Å². The Labute approximate surface area is 191 Å². The predicted molar refractivity (Wildman–Crippen MR) is 130 cm³/mol. The van der Waals surface area contributed by atoms with E-state index in [-0.39, 0.29) is 30.0 Å². The van der Waals surface area contributed by atoms with Gasteiger partial charge < -0.3 is 15.5 Å². The molecule has 0 spiro atoms. The maximum Gasteiger partial charge on any atom is 0.225 e. The Morgan fingerprint density at radius 1 is 1.07 bits per heavy atom. The number of anilines is 1. The van der Waals surface area contributed by atoms with Crippen LogP contribution in [-0.4, -0.2) is 66.6 Å². The standard InChI is InChI=1S/C21H31N7.HI/c1-3-22-20(26-18(2)19-8-5-4-6-9-19)23-12-13-27-14-16-28(17-15-27)21-24-10-7-11-25-21;/h4-11,18H,3,12-17H2,1-2H3,(H2,22,23,26);1H. The molecule has 158 valence electrons. The molecule has 3 rings (SSSR count). The molecule has 1 atom stereocenters. The lowest BCUT2D eigenvalue weighted by atomic mass is 10.1. The Morgan fingerprint density at radius 3 is 2.41 bits per heavy atom. The first kappa shape index (κ1) is 23.3. The van der Waals surface area contributed by atoms with Gasteiger partial charge >= 0.3 is 0 Å². The van der Waals surface area contributed by atoms with Gasteiger partial charge in [-0.3, -0.25) is 9.89 Å². The van der Waals surface area contributed by atoms with Gasteiger partial charge in [-0.05, 0) is 25.5 Å². The zero-order chi connectivity index (χ0) is 19.6. The van der Waals surface area contributed by atoms with Crippen molar-refractivity contribution >= 4 is 35.9 Å². The summed E-state index contributed by atoms with van der Waals surface area (Å²) in [6, 6.07) is 12.5. The van der Waals surface area contributed by atoms with Crippen LogP contribution in [0.5, 0.6) is 0 Å². The molecule has 1 aromatic heterocycles. The average Bonchev–Trinajstić information content (AvgIpc) is 2.75. The molecule has 0 saturated carbocycles. The van der Waals surface area contributed by atoms with E-state index in [0.29, 0.717) is 0 Å².